The van der Waals surface area contributed by atoms with E-state index in [-0.39, 0.29) is 5.91 Å². The average Bonchev–Trinajstić information content (AvgIpc) is 2.90. The Labute approximate surface area is 130 Å². The second-order valence-corrected chi connectivity index (χ2v) is 7.62. The number of amides is 1. The van der Waals surface area contributed by atoms with Crippen LogP contribution in [0.5, 0.6) is 0 Å². The van der Waals surface area contributed by atoms with Gasteiger partial charge in [0.05, 0.1) is 11.4 Å². The summed E-state index contributed by atoms with van der Waals surface area (Å²) in [6.07, 6.45) is 0. The van der Waals surface area contributed by atoms with Gasteiger partial charge in [-0.2, -0.15) is 0 Å². The molecule has 0 bridgehead atoms. The molecule has 3 nitrogen and oxygen atoms in total. The Bertz CT molecular complexity index is 626. The van der Waals surface area contributed by atoms with E-state index < -0.39 is 0 Å². The molecule has 0 saturated carbocycles. The van der Waals surface area contributed by atoms with Crippen LogP contribution in [-0.4, -0.2) is 28.9 Å². The number of nitrogens with zero attached hydrogens (tertiary/aromatic N) is 2. The zero-order chi connectivity index (χ0) is 13.9. The van der Waals surface area contributed by atoms with E-state index in [9.17, 15) is 4.79 Å². The van der Waals surface area contributed by atoms with Gasteiger partial charge in [0.1, 0.15) is 0 Å². The predicted molar refractivity (Wildman–Crippen MR) is 87.1 cm³/mol. The summed E-state index contributed by atoms with van der Waals surface area (Å²) in [5, 5.41) is 2.01. The Morgan fingerprint density at radius 1 is 1.45 bits per heavy atom. The molecule has 0 fully saturated rings. The van der Waals surface area contributed by atoms with Gasteiger partial charge < -0.3 is 4.90 Å². The van der Waals surface area contributed by atoms with Gasteiger partial charge in [-0.05, 0) is 19.1 Å². The molecule has 0 unspecified atom stereocenters. The molecule has 0 radical (unpaired) electrons. The smallest absolute Gasteiger partial charge is 0.237 e. The van der Waals surface area contributed by atoms with E-state index in [0.717, 1.165) is 28.0 Å². The molecular formula is C14H14N2OS3. The van der Waals surface area contributed by atoms with E-state index in [1.807, 2.05) is 47.2 Å². The van der Waals surface area contributed by atoms with Crippen molar-refractivity contribution in [2.45, 2.75) is 16.2 Å². The summed E-state index contributed by atoms with van der Waals surface area (Å²) in [5.74, 6) is 1.58. The Balaban J connectivity index is 1.69. The number of anilines is 1. The molecule has 1 aliphatic heterocycles. The number of hydrogen-bond acceptors (Lipinski definition) is 5. The van der Waals surface area contributed by atoms with E-state index >= 15 is 0 Å². The number of aryl methyl sites for hydroxylation is 1. The minimum absolute atomic E-state index is 0.163. The average molecular weight is 322 g/mol. The zero-order valence-corrected chi connectivity index (χ0v) is 13.5. The van der Waals surface area contributed by atoms with Crippen molar-refractivity contribution >= 4 is 46.5 Å². The van der Waals surface area contributed by atoms with Gasteiger partial charge in [-0.15, -0.1) is 23.1 Å². The van der Waals surface area contributed by atoms with Crippen LogP contribution in [0.25, 0.3) is 0 Å². The first kappa shape index (κ1) is 14.0. The molecular weight excluding hydrogens is 308 g/mol. The number of thiazole rings is 1. The van der Waals surface area contributed by atoms with E-state index in [4.69, 9.17) is 0 Å². The first-order valence-corrected chi connectivity index (χ1v) is 9.16. The summed E-state index contributed by atoms with van der Waals surface area (Å²) < 4.78 is 0.968. The van der Waals surface area contributed by atoms with Crippen LogP contribution in [0.15, 0.2) is 38.9 Å². The van der Waals surface area contributed by atoms with Gasteiger partial charge in [0, 0.05) is 28.3 Å². The highest BCUT2D eigenvalue weighted by Gasteiger charge is 2.22. The van der Waals surface area contributed by atoms with Crippen molar-refractivity contribution in [3.05, 3.63) is 35.3 Å². The molecule has 1 aliphatic rings. The lowest BCUT2D eigenvalue weighted by molar-refractivity contribution is -0.116. The predicted octanol–water partition coefficient (Wildman–Crippen LogP) is 3.68. The van der Waals surface area contributed by atoms with Crippen molar-refractivity contribution < 1.29 is 4.79 Å². The van der Waals surface area contributed by atoms with Crippen LogP contribution in [0.1, 0.15) is 5.69 Å². The Kier molecular flexibility index (Phi) is 4.33. The summed E-state index contributed by atoms with van der Waals surface area (Å²) in [5.41, 5.74) is 2.06. The monoisotopic (exact) mass is 322 g/mol. The van der Waals surface area contributed by atoms with Crippen molar-refractivity contribution in [3.63, 3.8) is 0 Å². The highest BCUT2D eigenvalue weighted by atomic mass is 32.2. The van der Waals surface area contributed by atoms with Crippen LogP contribution >= 0.6 is 34.9 Å². The SMILES string of the molecule is Cc1csc(SCC(=O)N2CCSc3ccccc32)n1. The normalized spacial score (nSPS) is 14.2. The fraction of sp³-hybridized carbons (Fsp3) is 0.286. The van der Waals surface area contributed by atoms with Crippen LogP contribution in [0, 0.1) is 6.92 Å². The Hall–Kier alpha value is -0.980. The van der Waals surface area contributed by atoms with Gasteiger partial charge in [-0.1, -0.05) is 23.9 Å². The molecule has 1 aromatic carbocycles. The Morgan fingerprint density at radius 3 is 3.10 bits per heavy atom. The maximum Gasteiger partial charge on any atom is 0.237 e. The van der Waals surface area contributed by atoms with E-state index in [1.165, 1.54) is 16.7 Å². The quantitative estimate of drug-likeness (QED) is 0.807. The number of benzene rings is 1. The van der Waals surface area contributed by atoms with Crippen LogP contribution < -0.4 is 4.90 Å². The van der Waals surface area contributed by atoms with Crippen molar-refractivity contribution in [2.75, 3.05) is 23.0 Å². The largest absolute Gasteiger partial charge is 0.310 e. The lowest BCUT2D eigenvalue weighted by Crippen LogP contribution is -2.36. The summed E-state index contributed by atoms with van der Waals surface area (Å²) in [4.78, 5) is 19.9. The summed E-state index contributed by atoms with van der Waals surface area (Å²) in [6, 6.07) is 8.11. The number of para-hydroxylation sites is 1. The molecule has 0 spiro atoms. The minimum atomic E-state index is 0.163. The van der Waals surface area contributed by atoms with Crippen LogP contribution in [0.2, 0.25) is 0 Å². The van der Waals surface area contributed by atoms with Crippen molar-refractivity contribution in [1.82, 2.24) is 4.98 Å². The summed E-state index contributed by atoms with van der Waals surface area (Å²) >= 11 is 4.94. The van der Waals surface area contributed by atoms with Crippen LogP contribution in [0.3, 0.4) is 0 Å². The molecule has 0 atom stereocenters. The van der Waals surface area contributed by atoms with Crippen LogP contribution in [-0.2, 0) is 4.79 Å². The maximum atomic E-state index is 12.4. The number of aromatic nitrogens is 1. The lowest BCUT2D eigenvalue weighted by Gasteiger charge is -2.28. The molecule has 20 heavy (non-hydrogen) atoms. The van der Waals surface area contributed by atoms with Gasteiger partial charge in [-0.25, -0.2) is 4.98 Å². The molecule has 0 aliphatic carbocycles. The second-order valence-electron chi connectivity index (χ2n) is 4.41. The molecule has 6 heteroatoms. The molecule has 2 heterocycles. The molecule has 3 rings (SSSR count). The summed E-state index contributed by atoms with van der Waals surface area (Å²) in [6.45, 7) is 2.76. The second kappa shape index (κ2) is 6.20. The Morgan fingerprint density at radius 2 is 2.30 bits per heavy atom. The third-order valence-corrected chi connectivity index (χ3v) is 6.11. The van der Waals surface area contributed by atoms with E-state index in [0.29, 0.717) is 5.75 Å². The first-order valence-electron chi connectivity index (χ1n) is 6.31. The summed E-state index contributed by atoms with van der Waals surface area (Å²) in [7, 11) is 0. The number of rotatable bonds is 3. The number of hydrogen-bond donors (Lipinski definition) is 0. The molecule has 2 aromatic rings. The lowest BCUT2D eigenvalue weighted by atomic mass is 10.3. The highest BCUT2D eigenvalue weighted by molar-refractivity contribution is 8.01. The van der Waals surface area contributed by atoms with Crippen molar-refractivity contribution in [1.29, 1.82) is 0 Å². The van der Waals surface area contributed by atoms with E-state index in [1.54, 1.807) is 11.3 Å². The van der Waals surface area contributed by atoms with Gasteiger partial charge in [0.25, 0.3) is 0 Å². The molecule has 0 N–H and O–H groups in total. The fourth-order valence-electron chi connectivity index (χ4n) is 2.03. The van der Waals surface area contributed by atoms with Crippen molar-refractivity contribution in [2.24, 2.45) is 0 Å². The highest BCUT2D eigenvalue weighted by Crippen LogP contribution is 2.35. The maximum absolute atomic E-state index is 12.4. The fourth-order valence-corrected chi connectivity index (χ4v) is 4.75. The van der Waals surface area contributed by atoms with Crippen LogP contribution in [0.4, 0.5) is 5.69 Å². The van der Waals surface area contributed by atoms with Gasteiger partial charge in [-0.3, -0.25) is 4.79 Å². The molecule has 104 valence electrons. The van der Waals surface area contributed by atoms with Gasteiger partial charge >= 0.3 is 0 Å². The molecule has 0 saturated heterocycles. The standard InChI is InChI=1S/C14H14N2OS3/c1-10-8-19-14(15-10)20-9-13(17)16-6-7-18-12-5-3-2-4-11(12)16/h2-5,8H,6-7,9H2,1H3. The first-order chi connectivity index (χ1) is 9.74. The van der Waals surface area contributed by atoms with Crippen molar-refractivity contribution in [3.8, 4) is 0 Å². The molecule has 1 amide bonds. The number of fused-ring (bicyclic) bond motifs is 1. The third-order valence-electron chi connectivity index (χ3n) is 2.95. The third kappa shape index (κ3) is 3.02. The zero-order valence-electron chi connectivity index (χ0n) is 11.0. The number of thioether (sulfide) groups is 2. The number of carbonyl (C=O) groups is 1. The van der Waals surface area contributed by atoms with Gasteiger partial charge in [0.2, 0.25) is 5.91 Å². The van der Waals surface area contributed by atoms with Gasteiger partial charge in [0.15, 0.2) is 4.34 Å². The topological polar surface area (TPSA) is 33.2 Å². The minimum Gasteiger partial charge on any atom is -0.310 e. The molecule has 1 aromatic heterocycles. The van der Waals surface area contributed by atoms with E-state index in [2.05, 4.69) is 11.1 Å². The number of carbonyl (C=O) groups excluding carboxylic acids is 1.